The molecule has 0 saturated heterocycles. The molecule has 29 heavy (non-hydrogen) atoms. The van der Waals surface area contributed by atoms with Crippen LogP contribution in [0.5, 0.6) is 5.88 Å². The van der Waals surface area contributed by atoms with Gasteiger partial charge in [0, 0.05) is 11.6 Å². The average molecular weight is 421 g/mol. The third-order valence-electron chi connectivity index (χ3n) is 4.20. The number of benzene rings is 2. The van der Waals surface area contributed by atoms with Crippen molar-refractivity contribution in [3.05, 3.63) is 92.0 Å². The molecule has 0 radical (unpaired) electrons. The van der Waals surface area contributed by atoms with Crippen molar-refractivity contribution in [1.29, 1.82) is 0 Å². The van der Waals surface area contributed by atoms with Crippen LogP contribution in [0.1, 0.15) is 27.3 Å². The Kier molecular flexibility index (Phi) is 5.93. The lowest BCUT2D eigenvalue weighted by molar-refractivity contribution is 0.0697. The smallest absolute Gasteiger partial charge is 0.335 e. The van der Waals surface area contributed by atoms with E-state index in [1.807, 2.05) is 0 Å². The Morgan fingerprint density at radius 2 is 1.90 bits per heavy atom. The second kappa shape index (κ2) is 8.40. The zero-order valence-corrected chi connectivity index (χ0v) is 15.9. The highest BCUT2D eigenvalue weighted by Gasteiger charge is 2.16. The van der Waals surface area contributed by atoms with E-state index in [0.29, 0.717) is 11.4 Å². The SMILES string of the molecule is Cc1nc(OCc2ccc(F)cc2F)c(Cl)c(=O)n1Cc1ccc(C(=O)O)cc1. The van der Waals surface area contributed by atoms with Gasteiger partial charge in [0.1, 0.15) is 24.1 Å². The third kappa shape index (κ3) is 4.60. The van der Waals surface area contributed by atoms with Crippen molar-refractivity contribution in [3.63, 3.8) is 0 Å². The Morgan fingerprint density at radius 1 is 1.21 bits per heavy atom. The molecular formula is C20H15ClF2N2O4. The van der Waals surface area contributed by atoms with E-state index in [0.717, 1.165) is 12.1 Å². The molecule has 0 aliphatic carbocycles. The molecule has 0 unspecified atom stereocenters. The van der Waals surface area contributed by atoms with Gasteiger partial charge in [0.05, 0.1) is 12.1 Å². The molecule has 1 N–H and O–H groups in total. The second-order valence-electron chi connectivity index (χ2n) is 6.20. The van der Waals surface area contributed by atoms with E-state index in [1.165, 1.54) is 22.8 Å². The van der Waals surface area contributed by atoms with Crippen molar-refractivity contribution in [3.8, 4) is 5.88 Å². The van der Waals surface area contributed by atoms with Crippen LogP contribution in [0.25, 0.3) is 0 Å². The van der Waals surface area contributed by atoms with Crippen LogP contribution in [0.2, 0.25) is 5.02 Å². The van der Waals surface area contributed by atoms with Crippen LogP contribution in [0.3, 0.4) is 0 Å². The maximum absolute atomic E-state index is 13.7. The predicted molar refractivity (Wildman–Crippen MR) is 101 cm³/mol. The summed E-state index contributed by atoms with van der Waals surface area (Å²) in [5, 5.41) is 8.67. The molecule has 3 rings (SSSR count). The van der Waals surface area contributed by atoms with E-state index < -0.39 is 23.2 Å². The zero-order chi connectivity index (χ0) is 21.1. The highest BCUT2D eigenvalue weighted by molar-refractivity contribution is 6.31. The predicted octanol–water partition coefficient (Wildman–Crippen LogP) is 3.81. The van der Waals surface area contributed by atoms with E-state index in [-0.39, 0.29) is 35.2 Å². The maximum Gasteiger partial charge on any atom is 0.335 e. The summed E-state index contributed by atoms with van der Waals surface area (Å²) in [6.45, 7) is 1.43. The summed E-state index contributed by atoms with van der Waals surface area (Å²) in [5.41, 5.74) is 0.339. The number of nitrogens with zero attached hydrogens (tertiary/aromatic N) is 2. The van der Waals surface area contributed by atoms with Crippen LogP contribution < -0.4 is 10.3 Å². The molecule has 0 aliphatic rings. The van der Waals surface area contributed by atoms with E-state index in [1.54, 1.807) is 19.1 Å². The summed E-state index contributed by atoms with van der Waals surface area (Å²) < 4.78 is 33.4. The van der Waals surface area contributed by atoms with Crippen molar-refractivity contribution in [1.82, 2.24) is 9.55 Å². The van der Waals surface area contributed by atoms with E-state index in [2.05, 4.69) is 4.98 Å². The molecule has 9 heteroatoms. The molecule has 1 heterocycles. The summed E-state index contributed by atoms with van der Waals surface area (Å²) in [5.74, 6) is -2.39. The number of rotatable bonds is 6. The first-order valence-electron chi connectivity index (χ1n) is 8.42. The fraction of sp³-hybridized carbons (Fsp3) is 0.150. The average Bonchev–Trinajstić information content (AvgIpc) is 2.68. The van der Waals surface area contributed by atoms with Gasteiger partial charge >= 0.3 is 5.97 Å². The van der Waals surface area contributed by atoms with Gasteiger partial charge in [-0.2, -0.15) is 4.98 Å². The van der Waals surface area contributed by atoms with E-state index in [9.17, 15) is 18.4 Å². The van der Waals surface area contributed by atoms with Crippen LogP contribution >= 0.6 is 11.6 Å². The number of ether oxygens (including phenoxy) is 1. The molecule has 3 aromatic rings. The number of halogens is 3. The minimum Gasteiger partial charge on any atom is -0.478 e. The van der Waals surface area contributed by atoms with Crippen molar-refractivity contribution in [2.75, 3.05) is 0 Å². The van der Waals surface area contributed by atoms with Gasteiger partial charge in [-0.25, -0.2) is 13.6 Å². The fourth-order valence-corrected chi connectivity index (χ4v) is 2.81. The number of carboxylic acid groups (broad SMARTS) is 1. The molecule has 0 bridgehead atoms. The quantitative estimate of drug-likeness (QED) is 0.655. The van der Waals surface area contributed by atoms with Gasteiger partial charge in [0.25, 0.3) is 5.56 Å². The van der Waals surface area contributed by atoms with Gasteiger partial charge in [-0.05, 0) is 36.8 Å². The lowest BCUT2D eigenvalue weighted by Crippen LogP contribution is -2.25. The first-order chi connectivity index (χ1) is 13.8. The molecule has 6 nitrogen and oxygen atoms in total. The maximum atomic E-state index is 13.7. The zero-order valence-electron chi connectivity index (χ0n) is 15.2. The Bertz CT molecular complexity index is 1130. The lowest BCUT2D eigenvalue weighted by Gasteiger charge is -2.13. The Morgan fingerprint density at radius 3 is 2.52 bits per heavy atom. The molecule has 0 spiro atoms. The van der Waals surface area contributed by atoms with Gasteiger partial charge in [-0.15, -0.1) is 0 Å². The number of aryl methyl sites for hydroxylation is 1. The van der Waals surface area contributed by atoms with Crippen molar-refractivity contribution in [2.45, 2.75) is 20.1 Å². The first kappa shape index (κ1) is 20.5. The summed E-state index contributed by atoms with van der Waals surface area (Å²) in [6, 6.07) is 9.09. The first-order valence-corrected chi connectivity index (χ1v) is 8.80. The van der Waals surface area contributed by atoms with Gasteiger partial charge in [0.2, 0.25) is 5.88 Å². The van der Waals surface area contributed by atoms with Crippen LogP contribution in [0.4, 0.5) is 8.78 Å². The lowest BCUT2D eigenvalue weighted by atomic mass is 10.1. The minimum atomic E-state index is -1.05. The fourth-order valence-electron chi connectivity index (χ4n) is 2.62. The van der Waals surface area contributed by atoms with Crippen LogP contribution in [0, 0.1) is 18.6 Å². The number of hydrogen-bond acceptors (Lipinski definition) is 4. The molecule has 1 aromatic heterocycles. The molecule has 0 saturated carbocycles. The number of aromatic nitrogens is 2. The topological polar surface area (TPSA) is 81.4 Å². The van der Waals surface area contributed by atoms with E-state index >= 15 is 0 Å². The van der Waals surface area contributed by atoms with Crippen molar-refractivity contribution < 1.29 is 23.4 Å². The van der Waals surface area contributed by atoms with Gasteiger partial charge in [0.15, 0.2) is 5.02 Å². The van der Waals surface area contributed by atoms with Gasteiger partial charge in [-0.1, -0.05) is 23.7 Å². The second-order valence-corrected chi connectivity index (χ2v) is 6.57. The molecule has 0 amide bonds. The van der Waals surface area contributed by atoms with E-state index in [4.69, 9.17) is 21.4 Å². The third-order valence-corrected chi connectivity index (χ3v) is 4.52. The van der Waals surface area contributed by atoms with Gasteiger partial charge < -0.3 is 9.84 Å². The molecular weight excluding hydrogens is 406 g/mol. The van der Waals surface area contributed by atoms with Gasteiger partial charge in [-0.3, -0.25) is 9.36 Å². The van der Waals surface area contributed by atoms with Crippen LogP contribution in [-0.4, -0.2) is 20.6 Å². The Labute approximate surface area is 169 Å². The van der Waals surface area contributed by atoms with Crippen molar-refractivity contribution in [2.24, 2.45) is 0 Å². The normalized spacial score (nSPS) is 10.8. The highest BCUT2D eigenvalue weighted by Crippen LogP contribution is 2.21. The monoisotopic (exact) mass is 420 g/mol. The molecule has 150 valence electrons. The molecule has 0 fully saturated rings. The molecule has 0 aliphatic heterocycles. The summed E-state index contributed by atoms with van der Waals surface area (Å²) in [4.78, 5) is 27.7. The molecule has 2 aromatic carbocycles. The minimum absolute atomic E-state index is 0.0876. The van der Waals surface area contributed by atoms with Crippen LogP contribution in [-0.2, 0) is 13.2 Å². The number of aromatic carboxylic acids is 1. The number of carbonyl (C=O) groups is 1. The Balaban J connectivity index is 1.82. The largest absolute Gasteiger partial charge is 0.478 e. The Hall–Kier alpha value is -3.26. The summed E-state index contributed by atoms with van der Waals surface area (Å²) in [7, 11) is 0. The summed E-state index contributed by atoms with van der Waals surface area (Å²) >= 11 is 6.08. The standard InChI is InChI=1S/C20H15ClF2N2O4/c1-11-24-18(29-10-14-6-7-15(22)8-16(14)23)17(21)19(26)25(11)9-12-2-4-13(5-3-12)20(27)28/h2-8H,9-10H2,1H3,(H,27,28). The number of hydrogen-bond donors (Lipinski definition) is 1. The van der Waals surface area contributed by atoms with Crippen LogP contribution in [0.15, 0.2) is 47.3 Å². The van der Waals surface area contributed by atoms with Crippen molar-refractivity contribution >= 4 is 17.6 Å². The number of carboxylic acids is 1. The molecule has 0 atom stereocenters. The highest BCUT2D eigenvalue weighted by atomic mass is 35.5. The summed E-state index contributed by atoms with van der Waals surface area (Å²) in [6.07, 6.45) is 0.